The van der Waals surface area contributed by atoms with E-state index in [1.54, 1.807) is 0 Å². The number of thiophene rings is 1. The van der Waals surface area contributed by atoms with Crippen LogP contribution in [0.25, 0.3) is 0 Å². The van der Waals surface area contributed by atoms with Gasteiger partial charge >= 0.3 is 0 Å². The third kappa shape index (κ3) is 3.98. The fourth-order valence-corrected chi connectivity index (χ4v) is 5.02. The van der Waals surface area contributed by atoms with Gasteiger partial charge in [0.05, 0.1) is 11.5 Å². The maximum Gasteiger partial charge on any atom is 0.251 e. The summed E-state index contributed by atoms with van der Waals surface area (Å²) in [7, 11) is 0. The van der Waals surface area contributed by atoms with E-state index in [9.17, 15) is 9.59 Å². The number of anilines is 1. The maximum absolute atomic E-state index is 12.9. The van der Waals surface area contributed by atoms with E-state index >= 15 is 0 Å². The van der Waals surface area contributed by atoms with Gasteiger partial charge in [-0.2, -0.15) is 0 Å². The lowest BCUT2D eigenvalue weighted by Crippen LogP contribution is -2.22. The van der Waals surface area contributed by atoms with E-state index < -0.39 is 5.91 Å². The van der Waals surface area contributed by atoms with E-state index in [0.717, 1.165) is 36.8 Å². The summed E-state index contributed by atoms with van der Waals surface area (Å²) in [4.78, 5) is 26.2. The van der Waals surface area contributed by atoms with Crippen LogP contribution in [-0.4, -0.2) is 11.8 Å². The zero-order valence-corrected chi connectivity index (χ0v) is 16.0. The first-order valence-corrected chi connectivity index (χ1v) is 10.2. The molecule has 0 fully saturated rings. The molecule has 0 radical (unpaired) electrons. The summed E-state index contributed by atoms with van der Waals surface area (Å²) in [5, 5.41) is 3.65. The average Bonchev–Trinajstić information content (AvgIpc) is 2.93. The fourth-order valence-electron chi connectivity index (χ4n) is 3.72. The number of primary amides is 1. The van der Waals surface area contributed by atoms with E-state index in [2.05, 4.69) is 5.32 Å². The quantitative estimate of drug-likeness (QED) is 0.805. The predicted octanol–water partition coefficient (Wildman–Crippen LogP) is 4.64. The first-order valence-electron chi connectivity index (χ1n) is 9.42. The molecule has 1 aromatic heterocycles. The summed E-state index contributed by atoms with van der Waals surface area (Å²) in [6.07, 6.45) is 7.13. The highest BCUT2D eigenvalue weighted by atomic mass is 32.1. The lowest BCUT2D eigenvalue weighted by Gasteiger charge is -2.15. The van der Waals surface area contributed by atoms with Crippen LogP contribution in [-0.2, 0) is 17.6 Å². The standard InChI is InChI=1S/C21H26N2O2S/c1-2-15(14-10-6-5-7-11-14)20(25)23-21-18(19(22)24)16-12-8-3-4-9-13-17(16)26-21/h5-7,10-11,15H,2-4,8-9,12-13H2,1H3,(H2,22,24)(H,23,25)/t15-/m1/s1. The van der Waals surface area contributed by atoms with Gasteiger partial charge in [0.25, 0.3) is 5.91 Å². The number of fused-ring (bicyclic) bond motifs is 1. The van der Waals surface area contributed by atoms with Gasteiger partial charge in [-0.15, -0.1) is 11.3 Å². The highest BCUT2D eigenvalue weighted by Crippen LogP contribution is 2.37. The lowest BCUT2D eigenvalue weighted by atomic mass is 9.95. The highest BCUT2D eigenvalue weighted by Gasteiger charge is 2.26. The fraction of sp³-hybridized carbons (Fsp3) is 0.429. The van der Waals surface area contributed by atoms with Crippen LogP contribution in [0, 0.1) is 0 Å². The zero-order chi connectivity index (χ0) is 18.5. The van der Waals surface area contributed by atoms with Gasteiger partial charge in [-0.25, -0.2) is 0 Å². The monoisotopic (exact) mass is 370 g/mol. The molecule has 2 aromatic rings. The van der Waals surface area contributed by atoms with Gasteiger partial charge in [0, 0.05) is 4.88 Å². The number of rotatable bonds is 5. The van der Waals surface area contributed by atoms with Crippen LogP contribution in [0.3, 0.4) is 0 Å². The number of carbonyl (C=O) groups excluding carboxylic acids is 2. The number of carbonyl (C=O) groups is 2. The van der Waals surface area contributed by atoms with Gasteiger partial charge in [-0.05, 0) is 43.2 Å². The molecule has 0 aliphatic heterocycles. The Kier molecular flexibility index (Phi) is 6.09. The number of nitrogens with one attached hydrogen (secondary N) is 1. The van der Waals surface area contributed by atoms with Crippen molar-refractivity contribution in [3.8, 4) is 0 Å². The first-order chi connectivity index (χ1) is 12.6. The molecule has 4 nitrogen and oxygen atoms in total. The first kappa shape index (κ1) is 18.6. The molecule has 0 saturated heterocycles. The second kappa shape index (κ2) is 8.49. The smallest absolute Gasteiger partial charge is 0.251 e. The zero-order valence-electron chi connectivity index (χ0n) is 15.2. The molecule has 26 heavy (non-hydrogen) atoms. The largest absolute Gasteiger partial charge is 0.365 e. The van der Waals surface area contributed by atoms with Crippen molar-refractivity contribution in [1.29, 1.82) is 0 Å². The van der Waals surface area contributed by atoms with Crippen LogP contribution in [0.1, 0.15) is 71.3 Å². The predicted molar refractivity (Wildman–Crippen MR) is 107 cm³/mol. The van der Waals surface area contributed by atoms with Crippen molar-refractivity contribution >= 4 is 28.2 Å². The van der Waals surface area contributed by atoms with Crippen molar-refractivity contribution in [2.75, 3.05) is 5.32 Å². The van der Waals surface area contributed by atoms with Gasteiger partial charge in [-0.1, -0.05) is 50.1 Å². The van der Waals surface area contributed by atoms with E-state index in [1.165, 1.54) is 29.1 Å². The van der Waals surface area contributed by atoms with Gasteiger partial charge in [0.15, 0.2) is 0 Å². The molecular formula is C21H26N2O2S. The summed E-state index contributed by atoms with van der Waals surface area (Å²) in [5.41, 5.74) is 8.27. The van der Waals surface area contributed by atoms with Gasteiger partial charge < -0.3 is 11.1 Å². The Hall–Kier alpha value is -2.14. The van der Waals surface area contributed by atoms with E-state index in [4.69, 9.17) is 5.73 Å². The molecule has 1 aromatic carbocycles. The lowest BCUT2D eigenvalue weighted by molar-refractivity contribution is -0.117. The molecule has 2 amide bonds. The van der Waals surface area contributed by atoms with Gasteiger partial charge in [0.1, 0.15) is 5.00 Å². The van der Waals surface area contributed by atoms with E-state index in [-0.39, 0.29) is 11.8 Å². The van der Waals surface area contributed by atoms with Crippen molar-refractivity contribution < 1.29 is 9.59 Å². The Bertz CT molecular complexity index is 783. The van der Waals surface area contributed by atoms with Crippen molar-refractivity contribution in [2.45, 2.75) is 57.8 Å². The molecule has 1 aliphatic rings. The second-order valence-corrected chi connectivity index (χ2v) is 7.95. The SMILES string of the molecule is CC[C@@H](C(=O)Nc1sc2c(c1C(N)=O)CCCCCC2)c1ccccc1. The minimum atomic E-state index is -0.439. The molecule has 1 atom stereocenters. The number of hydrogen-bond donors (Lipinski definition) is 2. The highest BCUT2D eigenvalue weighted by molar-refractivity contribution is 7.17. The summed E-state index contributed by atoms with van der Waals surface area (Å²) in [6.45, 7) is 2.00. The van der Waals surface area contributed by atoms with E-state index in [1.807, 2.05) is 37.3 Å². The van der Waals surface area contributed by atoms with Gasteiger partial charge in [0.2, 0.25) is 5.91 Å². The molecule has 5 heteroatoms. The molecule has 0 spiro atoms. The molecule has 0 saturated carbocycles. The number of nitrogens with two attached hydrogens (primary N) is 1. The topological polar surface area (TPSA) is 72.2 Å². The van der Waals surface area contributed by atoms with Crippen LogP contribution < -0.4 is 11.1 Å². The molecule has 138 valence electrons. The summed E-state index contributed by atoms with van der Waals surface area (Å²) in [5.74, 6) is -0.747. The molecule has 1 aliphatic carbocycles. The normalized spacial score (nSPS) is 15.4. The van der Waals surface area contributed by atoms with Crippen molar-refractivity contribution in [2.24, 2.45) is 5.73 Å². The van der Waals surface area contributed by atoms with Crippen LogP contribution in [0.5, 0.6) is 0 Å². The van der Waals surface area contributed by atoms with Gasteiger partial charge in [-0.3, -0.25) is 9.59 Å². The van der Waals surface area contributed by atoms with Crippen molar-refractivity contribution in [3.05, 3.63) is 51.9 Å². The van der Waals surface area contributed by atoms with Crippen molar-refractivity contribution in [3.63, 3.8) is 0 Å². The Labute approximate surface area is 158 Å². The molecule has 3 rings (SSSR count). The third-order valence-corrected chi connectivity index (χ3v) is 6.29. The number of aryl methyl sites for hydroxylation is 1. The summed E-state index contributed by atoms with van der Waals surface area (Å²) in [6, 6.07) is 9.76. The Morgan fingerprint density at radius 2 is 1.81 bits per heavy atom. The number of amides is 2. The van der Waals surface area contributed by atoms with E-state index in [0.29, 0.717) is 17.0 Å². The summed E-state index contributed by atoms with van der Waals surface area (Å²) < 4.78 is 0. The third-order valence-electron chi connectivity index (χ3n) is 5.08. The minimum absolute atomic E-state index is 0.0737. The molecule has 0 unspecified atom stereocenters. The van der Waals surface area contributed by atoms with Crippen molar-refractivity contribution in [1.82, 2.24) is 0 Å². The molecule has 0 bridgehead atoms. The minimum Gasteiger partial charge on any atom is -0.365 e. The molecule has 3 N–H and O–H groups in total. The second-order valence-electron chi connectivity index (χ2n) is 6.85. The Morgan fingerprint density at radius 1 is 1.12 bits per heavy atom. The number of benzene rings is 1. The van der Waals surface area contributed by atoms with Crippen LogP contribution >= 0.6 is 11.3 Å². The maximum atomic E-state index is 12.9. The molecule has 1 heterocycles. The average molecular weight is 371 g/mol. The van der Waals surface area contributed by atoms with Crippen LogP contribution in [0.4, 0.5) is 5.00 Å². The van der Waals surface area contributed by atoms with Crippen LogP contribution in [0.15, 0.2) is 30.3 Å². The molecular weight excluding hydrogens is 344 g/mol. The number of hydrogen-bond acceptors (Lipinski definition) is 3. The Morgan fingerprint density at radius 3 is 2.46 bits per heavy atom. The summed E-state index contributed by atoms with van der Waals surface area (Å²) >= 11 is 1.53. The Balaban J connectivity index is 1.90. The van der Waals surface area contributed by atoms with Crippen LogP contribution in [0.2, 0.25) is 0 Å².